The standard InChI is InChI=1S/C16H21N3O3S.ClH/c1-23-12-2-3-14(19(21)22)13(10-12)15(20)18-8-5-16(6-9-18)4-7-17-11-16;/h2-3,10,17H,4-9,11H2,1H3;1H. The summed E-state index contributed by atoms with van der Waals surface area (Å²) in [4.78, 5) is 26.2. The molecule has 3 rings (SSSR count). The minimum atomic E-state index is -0.469. The minimum Gasteiger partial charge on any atom is -0.338 e. The minimum absolute atomic E-state index is 0. The van der Waals surface area contributed by atoms with E-state index >= 15 is 0 Å². The molecule has 0 aromatic heterocycles. The summed E-state index contributed by atoms with van der Waals surface area (Å²) in [7, 11) is 0. The zero-order valence-corrected chi connectivity index (χ0v) is 15.3. The monoisotopic (exact) mass is 371 g/mol. The third-order valence-electron chi connectivity index (χ3n) is 5.07. The van der Waals surface area contributed by atoms with Crippen molar-refractivity contribution in [1.29, 1.82) is 0 Å². The first-order valence-electron chi connectivity index (χ1n) is 7.87. The number of likely N-dealkylation sites (tertiary alicyclic amines) is 1. The molecular weight excluding hydrogens is 350 g/mol. The molecule has 0 atom stereocenters. The Morgan fingerprint density at radius 2 is 2.04 bits per heavy atom. The van der Waals surface area contributed by atoms with Gasteiger partial charge in [-0.2, -0.15) is 0 Å². The fraction of sp³-hybridized carbons (Fsp3) is 0.562. The lowest BCUT2D eigenvalue weighted by molar-refractivity contribution is -0.385. The maximum Gasteiger partial charge on any atom is 0.282 e. The second-order valence-electron chi connectivity index (χ2n) is 6.36. The van der Waals surface area contributed by atoms with Crippen LogP contribution in [0.1, 0.15) is 29.6 Å². The van der Waals surface area contributed by atoms with Crippen molar-refractivity contribution in [2.75, 3.05) is 32.4 Å². The molecule has 0 aliphatic carbocycles. The van der Waals surface area contributed by atoms with Gasteiger partial charge in [0.05, 0.1) is 4.92 Å². The van der Waals surface area contributed by atoms with Gasteiger partial charge in [0, 0.05) is 30.6 Å². The number of hydrogen-bond donors (Lipinski definition) is 1. The molecule has 1 N–H and O–H groups in total. The molecule has 0 bridgehead atoms. The van der Waals surface area contributed by atoms with Gasteiger partial charge in [0.15, 0.2) is 0 Å². The quantitative estimate of drug-likeness (QED) is 0.502. The molecule has 1 aromatic carbocycles. The highest BCUT2D eigenvalue weighted by molar-refractivity contribution is 7.98. The highest BCUT2D eigenvalue weighted by Gasteiger charge is 2.39. The van der Waals surface area contributed by atoms with Gasteiger partial charge >= 0.3 is 0 Å². The van der Waals surface area contributed by atoms with Crippen LogP contribution in [-0.2, 0) is 0 Å². The van der Waals surface area contributed by atoms with Crippen LogP contribution < -0.4 is 5.32 Å². The summed E-state index contributed by atoms with van der Waals surface area (Å²) in [5.41, 5.74) is 0.432. The van der Waals surface area contributed by atoms with E-state index in [9.17, 15) is 14.9 Å². The lowest BCUT2D eigenvalue weighted by Crippen LogP contribution is -2.44. The number of nitro groups is 1. The third kappa shape index (κ3) is 3.68. The van der Waals surface area contributed by atoms with Crippen molar-refractivity contribution in [2.24, 2.45) is 5.41 Å². The molecule has 2 heterocycles. The summed E-state index contributed by atoms with van der Waals surface area (Å²) < 4.78 is 0. The molecule has 0 unspecified atom stereocenters. The van der Waals surface area contributed by atoms with Gasteiger partial charge in [-0.1, -0.05) is 0 Å². The van der Waals surface area contributed by atoms with Crippen LogP contribution >= 0.6 is 24.2 Å². The molecule has 2 aliphatic rings. The number of nitrogens with one attached hydrogen (secondary N) is 1. The lowest BCUT2D eigenvalue weighted by atomic mass is 9.78. The van der Waals surface area contributed by atoms with E-state index in [0.29, 0.717) is 18.5 Å². The van der Waals surface area contributed by atoms with Crippen molar-refractivity contribution in [3.05, 3.63) is 33.9 Å². The highest BCUT2D eigenvalue weighted by Crippen LogP contribution is 2.37. The van der Waals surface area contributed by atoms with E-state index in [-0.39, 0.29) is 29.6 Å². The van der Waals surface area contributed by atoms with E-state index in [0.717, 1.165) is 37.2 Å². The Kier molecular flexibility index (Phi) is 6.11. The van der Waals surface area contributed by atoms with E-state index in [2.05, 4.69) is 5.32 Å². The van der Waals surface area contributed by atoms with Gasteiger partial charge in [-0.15, -0.1) is 24.2 Å². The zero-order chi connectivity index (χ0) is 16.4. The molecule has 0 saturated carbocycles. The normalized spacial score (nSPS) is 19.1. The number of halogens is 1. The van der Waals surface area contributed by atoms with Gasteiger partial charge in [-0.3, -0.25) is 14.9 Å². The van der Waals surface area contributed by atoms with Crippen molar-refractivity contribution in [2.45, 2.75) is 24.2 Å². The fourth-order valence-electron chi connectivity index (χ4n) is 3.55. The molecule has 2 fully saturated rings. The zero-order valence-electron chi connectivity index (χ0n) is 13.6. The van der Waals surface area contributed by atoms with Crippen LogP contribution in [0.3, 0.4) is 0 Å². The number of nitro benzene ring substituents is 1. The van der Waals surface area contributed by atoms with E-state index < -0.39 is 4.92 Å². The molecular formula is C16H22ClN3O3S. The predicted molar refractivity (Wildman–Crippen MR) is 97.2 cm³/mol. The van der Waals surface area contributed by atoms with E-state index in [4.69, 9.17) is 0 Å². The van der Waals surface area contributed by atoms with Gasteiger partial charge < -0.3 is 10.2 Å². The largest absolute Gasteiger partial charge is 0.338 e. The number of rotatable bonds is 3. The summed E-state index contributed by atoms with van der Waals surface area (Å²) in [5.74, 6) is -0.214. The van der Waals surface area contributed by atoms with Gasteiger partial charge in [0.2, 0.25) is 0 Å². The summed E-state index contributed by atoms with van der Waals surface area (Å²) in [6, 6.07) is 4.77. The summed E-state index contributed by atoms with van der Waals surface area (Å²) in [6.07, 6.45) is 5.01. The first-order valence-corrected chi connectivity index (χ1v) is 9.10. The van der Waals surface area contributed by atoms with Gasteiger partial charge in [0.1, 0.15) is 5.56 Å². The second kappa shape index (κ2) is 7.72. The third-order valence-corrected chi connectivity index (χ3v) is 5.80. The number of amides is 1. The van der Waals surface area contributed by atoms with Gasteiger partial charge in [-0.25, -0.2) is 0 Å². The average molecular weight is 372 g/mol. The number of hydrogen-bond acceptors (Lipinski definition) is 5. The van der Waals surface area contributed by atoms with E-state index in [1.807, 2.05) is 6.26 Å². The van der Waals surface area contributed by atoms with E-state index in [1.165, 1.54) is 17.8 Å². The average Bonchev–Trinajstić information content (AvgIpc) is 3.02. The Bertz CT molecular complexity index is 625. The van der Waals surface area contributed by atoms with Crippen molar-refractivity contribution >= 4 is 35.8 Å². The number of nitrogens with zero attached hydrogens (tertiary/aromatic N) is 2. The van der Waals surface area contributed by atoms with Crippen LogP contribution in [0.4, 0.5) is 5.69 Å². The van der Waals surface area contributed by atoms with Crippen LogP contribution in [0, 0.1) is 15.5 Å². The molecule has 6 nitrogen and oxygen atoms in total. The lowest BCUT2D eigenvalue weighted by Gasteiger charge is -2.38. The fourth-order valence-corrected chi connectivity index (χ4v) is 3.99. The number of carbonyl (C=O) groups excluding carboxylic acids is 1. The van der Waals surface area contributed by atoms with E-state index in [1.54, 1.807) is 17.0 Å². The number of thioether (sulfide) groups is 1. The molecule has 132 valence electrons. The van der Waals surface area contributed by atoms with Gasteiger partial charge in [0.25, 0.3) is 11.6 Å². The number of carbonyl (C=O) groups is 1. The number of benzene rings is 1. The smallest absolute Gasteiger partial charge is 0.282 e. The van der Waals surface area contributed by atoms with Crippen molar-refractivity contribution in [1.82, 2.24) is 10.2 Å². The first kappa shape index (κ1) is 19.0. The van der Waals surface area contributed by atoms with Crippen LogP contribution in [-0.4, -0.2) is 48.2 Å². The topological polar surface area (TPSA) is 75.5 Å². The molecule has 2 saturated heterocycles. The Balaban J connectivity index is 0.00000208. The summed E-state index contributed by atoms with van der Waals surface area (Å²) in [5, 5.41) is 14.6. The molecule has 0 radical (unpaired) electrons. The van der Waals surface area contributed by atoms with Crippen molar-refractivity contribution in [3.63, 3.8) is 0 Å². The maximum atomic E-state index is 12.8. The van der Waals surface area contributed by atoms with Crippen LogP contribution in [0.2, 0.25) is 0 Å². The molecule has 2 aliphatic heterocycles. The van der Waals surface area contributed by atoms with Crippen molar-refractivity contribution < 1.29 is 9.72 Å². The highest BCUT2D eigenvalue weighted by atomic mass is 35.5. The molecule has 1 aromatic rings. The van der Waals surface area contributed by atoms with Crippen molar-refractivity contribution in [3.8, 4) is 0 Å². The summed E-state index contributed by atoms with van der Waals surface area (Å²) in [6.45, 7) is 3.44. The molecule has 1 spiro atoms. The Hall–Kier alpha value is -1.31. The Morgan fingerprint density at radius 1 is 1.33 bits per heavy atom. The summed E-state index contributed by atoms with van der Waals surface area (Å²) >= 11 is 1.48. The molecule has 1 amide bonds. The molecule has 24 heavy (non-hydrogen) atoms. The molecule has 8 heteroatoms. The first-order chi connectivity index (χ1) is 11.0. The van der Waals surface area contributed by atoms with Gasteiger partial charge in [-0.05, 0) is 49.6 Å². The Morgan fingerprint density at radius 3 is 2.58 bits per heavy atom. The van der Waals surface area contributed by atoms with Crippen LogP contribution in [0.5, 0.6) is 0 Å². The van der Waals surface area contributed by atoms with Crippen LogP contribution in [0.15, 0.2) is 23.1 Å². The number of piperidine rings is 1. The SMILES string of the molecule is CSc1ccc([N+](=O)[O-])c(C(=O)N2CCC3(CCNC3)CC2)c1.Cl. The maximum absolute atomic E-state index is 12.8. The van der Waals surface area contributed by atoms with Crippen LogP contribution in [0.25, 0.3) is 0 Å². The predicted octanol–water partition coefficient (Wildman–Crippen LogP) is 2.95. The Labute approximate surface area is 151 Å². The second-order valence-corrected chi connectivity index (χ2v) is 7.24.